The van der Waals surface area contributed by atoms with Crippen LogP contribution >= 0.6 is 50.3 Å². The van der Waals surface area contributed by atoms with E-state index in [-0.39, 0.29) is 18.4 Å². The Labute approximate surface area is 165 Å². The first-order valence-electron chi connectivity index (χ1n) is 7.04. The maximum atomic E-state index is 8.26. The Morgan fingerprint density at radius 1 is 1.38 bits per heavy atom. The lowest BCUT2D eigenvalue weighted by molar-refractivity contribution is 0.174. The lowest BCUT2D eigenvalue weighted by Gasteiger charge is -2.19. The number of nitrogens with two attached hydrogens (primary N) is 2. The summed E-state index contributed by atoms with van der Waals surface area (Å²) in [4.78, 5) is 7.25. The van der Waals surface area contributed by atoms with Gasteiger partial charge in [-0.2, -0.15) is 0 Å². The number of hydrogen-bond acceptors (Lipinski definition) is 7. The molecule has 7 nitrogen and oxygen atoms in total. The highest BCUT2D eigenvalue weighted by atomic mass is 127. The van der Waals surface area contributed by atoms with Crippen molar-refractivity contribution in [1.82, 2.24) is 4.90 Å². The lowest BCUT2D eigenvalue weighted by atomic mass is 10.3. The summed E-state index contributed by atoms with van der Waals surface area (Å²) in [5, 5.41) is 9.79. The first kappa shape index (κ1) is 17.7. The van der Waals surface area contributed by atoms with Gasteiger partial charge >= 0.3 is 0 Å². The highest BCUT2D eigenvalue weighted by Gasteiger charge is 2.30. The second kappa shape index (κ2) is 7.40. The number of ether oxygens (including phenoxy) is 2. The van der Waals surface area contributed by atoms with Crippen LogP contribution in [0.1, 0.15) is 6.42 Å². The molecule has 128 valence electrons. The van der Waals surface area contributed by atoms with Gasteiger partial charge in [-0.25, -0.2) is 4.99 Å². The number of rotatable bonds is 4. The number of nitrogens with zero attached hydrogens (tertiary/aromatic N) is 2. The van der Waals surface area contributed by atoms with Gasteiger partial charge in [-0.3, -0.25) is 5.41 Å². The lowest BCUT2D eigenvalue weighted by Crippen LogP contribution is -2.32. The minimum Gasteiger partial charge on any atom is -0.454 e. The zero-order valence-corrected chi connectivity index (χ0v) is 17.1. The molecule has 0 aliphatic carbocycles. The summed E-state index contributed by atoms with van der Waals surface area (Å²) >= 11 is 7.12. The van der Waals surface area contributed by atoms with Crippen LogP contribution in [0.2, 0.25) is 0 Å². The van der Waals surface area contributed by atoms with E-state index in [0.29, 0.717) is 23.2 Å². The van der Waals surface area contributed by atoms with Crippen LogP contribution in [0.15, 0.2) is 33.5 Å². The molecule has 0 spiro atoms. The number of hydrogen-bond donors (Lipinski definition) is 3. The number of amidine groups is 2. The Morgan fingerprint density at radius 3 is 2.75 bits per heavy atom. The first-order chi connectivity index (χ1) is 11.5. The number of alkyl halides is 1. The van der Waals surface area contributed by atoms with Gasteiger partial charge in [0.05, 0.1) is 0 Å². The maximum absolute atomic E-state index is 8.26. The Hall–Kier alpha value is -1.14. The van der Waals surface area contributed by atoms with Crippen molar-refractivity contribution < 1.29 is 9.47 Å². The van der Waals surface area contributed by atoms with Crippen LogP contribution in [0.4, 0.5) is 0 Å². The molecule has 0 atom stereocenters. The molecule has 1 aromatic carbocycles. The number of benzene rings is 1. The minimum atomic E-state index is 0.0554. The fourth-order valence-corrected chi connectivity index (χ4v) is 4.18. The molecule has 1 aromatic rings. The molecule has 24 heavy (non-hydrogen) atoms. The van der Waals surface area contributed by atoms with E-state index in [9.17, 15) is 0 Å². The van der Waals surface area contributed by atoms with E-state index in [1.54, 1.807) is 0 Å². The van der Waals surface area contributed by atoms with Crippen LogP contribution in [-0.4, -0.2) is 34.6 Å². The van der Waals surface area contributed by atoms with Gasteiger partial charge in [0.2, 0.25) is 6.79 Å². The Balaban J connectivity index is 1.90. The topological polar surface area (TPSA) is 110 Å². The normalized spacial score (nSPS) is 15.9. The zero-order chi connectivity index (χ0) is 17.3. The zero-order valence-electron chi connectivity index (χ0n) is 12.5. The molecule has 0 saturated heterocycles. The molecular formula is C14H15BrIN5O2S. The molecule has 0 bridgehead atoms. The number of halogens is 2. The molecule has 5 N–H and O–H groups in total. The van der Waals surface area contributed by atoms with Crippen LogP contribution in [0, 0.1) is 8.98 Å². The third kappa shape index (κ3) is 3.45. The van der Waals surface area contributed by atoms with Crippen molar-refractivity contribution in [2.24, 2.45) is 16.5 Å². The summed E-state index contributed by atoms with van der Waals surface area (Å²) in [5.41, 5.74) is 11.7. The van der Waals surface area contributed by atoms with Crippen molar-refractivity contribution in [3.8, 4) is 11.5 Å². The van der Waals surface area contributed by atoms with E-state index in [2.05, 4.69) is 43.5 Å². The van der Waals surface area contributed by atoms with E-state index < -0.39 is 0 Å². The molecule has 0 aromatic heterocycles. The quantitative estimate of drug-likeness (QED) is 0.413. The molecule has 0 fully saturated rings. The summed E-state index contributed by atoms with van der Waals surface area (Å²) in [5.74, 6) is 1.74. The van der Waals surface area contributed by atoms with Gasteiger partial charge in [0.15, 0.2) is 22.5 Å². The molecular weight excluding hydrogens is 509 g/mol. The second-order valence-corrected chi connectivity index (χ2v) is 7.94. The SMILES string of the molecule is N=C1C(=C(N)N)N=C(Sc2cc3c(cc2I)OCO3)N1CCCBr. The Kier molecular flexibility index (Phi) is 5.45. The molecule has 0 saturated carbocycles. The summed E-state index contributed by atoms with van der Waals surface area (Å²) in [6.07, 6.45) is 0.873. The van der Waals surface area contributed by atoms with Crippen LogP contribution in [0.5, 0.6) is 11.5 Å². The van der Waals surface area contributed by atoms with Crippen LogP contribution < -0.4 is 20.9 Å². The van der Waals surface area contributed by atoms with Crippen molar-refractivity contribution in [2.45, 2.75) is 11.3 Å². The average Bonchev–Trinajstić information content (AvgIpc) is 3.10. The van der Waals surface area contributed by atoms with Gasteiger partial charge in [-0.15, -0.1) is 0 Å². The largest absolute Gasteiger partial charge is 0.454 e. The van der Waals surface area contributed by atoms with Gasteiger partial charge in [-0.1, -0.05) is 27.7 Å². The van der Waals surface area contributed by atoms with Crippen LogP contribution in [0.3, 0.4) is 0 Å². The van der Waals surface area contributed by atoms with Crippen molar-refractivity contribution >= 4 is 61.3 Å². The van der Waals surface area contributed by atoms with Crippen molar-refractivity contribution in [3.05, 3.63) is 27.2 Å². The molecule has 0 radical (unpaired) electrons. The fourth-order valence-electron chi connectivity index (χ4n) is 2.21. The number of thioether (sulfide) groups is 1. The van der Waals surface area contributed by atoms with Crippen LogP contribution in [-0.2, 0) is 0 Å². The van der Waals surface area contributed by atoms with Gasteiger partial charge < -0.3 is 25.8 Å². The third-order valence-electron chi connectivity index (χ3n) is 3.35. The van der Waals surface area contributed by atoms with Gasteiger partial charge in [-0.05, 0) is 41.1 Å². The molecule has 2 aliphatic heterocycles. The highest BCUT2D eigenvalue weighted by molar-refractivity contribution is 14.1. The second-order valence-electron chi connectivity index (χ2n) is 4.98. The molecule has 3 rings (SSSR count). The standard InChI is InChI=1S/C14H15BrIN5O2S/c15-2-1-3-21-13(19)11(12(17)18)20-14(21)24-10-5-9-8(4-7(10)16)22-6-23-9/h4-5,19H,1-3,6,17-18H2. The summed E-state index contributed by atoms with van der Waals surface area (Å²) < 4.78 is 11.9. The Morgan fingerprint density at radius 2 is 2.08 bits per heavy atom. The van der Waals surface area contributed by atoms with Gasteiger partial charge in [0.1, 0.15) is 11.5 Å². The van der Waals surface area contributed by atoms with Crippen LogP contribution in [0.25, 0.3) is 0 Å². The average molecular weight is 524 g/mol. The Bertz CT molecular complexity index is 751. The number of nitrogens with one attached hydrogen (secondary N) is 1. The van der Waals surface area contributed by atoms with Crippen molar-refractivity contribution in [3.63, 3.8) is 0 Å². The van der Waals surface area contributed by atoms with Crippen molar-refractivity contribution in [1.29, 1.82) is 5.41 Å². The summed E-state index contributed by atoms with van der Waals surface area (Å²) in [6, 6.07) is 3.86. The van der Waals surface area contributed by atoms with E-state index in [4.69, 9.17) is 26.4 Å². The molecule has 10 heteroatoms. The molecule has 2 heterocycles. The first-order valence-corrected chi connectivity index (χ1v) is 10.1. The number of fused-ring (bicyclic) bond motifs is 1. The third-order valence-corrected chi connectivity index (χ3v) is 6.22. The minimum absolute atomic E-state index is 0.0554. The molecule has 2 aliphatic rings. The van der Waals surface area contributed by atoms with E-state index in [0.717, 1.165) is 26.0 Å². The predicted octanol–water partition coefficient (Wildman–Crippen LogP) is 2.63. The van der Waals surface area contributed by atoms with Gasteiger partial charge in [0.25, 0.3) is 0 Å². The highest BCUT2D eigenvalue weighted by Crippen LogP contribution is 2.40. The molecule has 0 unspecified atom stereocenters. The van der Waals surface area contributed by atoms with Crippen molar-refractivity contribution in [2.75, 3.05) is 18.7 Å². The summed E-state index contributed by atoms with van der Waals surface area (Å²) in [6.45, 7) is 0.896. The van der Waals surface area contributed by atoms with E-state index >= 15 is 0 Å². The summed E-state index contributed by atoms with van der Waals surface area (Å²) in [7, 11) is 0. The van der Waals surface area contributed by atoms with E-state index in [1.807, 2.05) is 17.0 Å². The smallest absolute Gasteiger partial charge is 0.231 e. The monoisotopic (exact) mass is 523 g/mol. The molecule has 0 amide bonds. The number of aliphatic imine (C=N–C) groups is 1. The predicted molar refractivity (Wildman–Crippen MR) is 107 cm³/mol. The maximum Gasteiger partial charge on any atom is 0.231 e. The fraction of sp³-hybridized carbons (Fsp3) is 0.286. The van der Waals surface area contributed by atoms with E-state index in [1.165, 1.54) is 11.8 Å². The van der Waals surface area contributed by atoms with Gasteiger partial charge in [0, 0.05) is 20.3 Å².